The summed E-state index contributed by atoms with van der Waals surface area (Å²) in [6, 6.07) is 9.04. The maximum absolute atomic E-state index is 12.8. The molecular formula is C18H13BrI2N4O3. The van der Waals surface area contributed by atoms with Gasteiger partial charge in [0.2, 0.25) is 0 Å². The molecule has 3 aromatic rings. The van der Waals surface area contributed by atoms with Crippen molar-refractivity contribution in [2.75, 3.05) is 6.61 Å². The average molecular weight is 667 g/mol. The van der Waals surface area contributed by atoms with E-state index in [1.165, 1.54) is 4.68 Å². The van der Waals surface area contributed by atoms with Crippen LogP contribution in [0.4, 0.5) is 0 Å². The van der Waals surface area contributed by atoms with Crippen LogP contribution in [0.2, 0.25) is 0 Å². The fourth-order valence-corrected chi connectivity index (χ4v) is 4.94. The Morgan fingerprint density at radius 2 is 2.00 bits per heavy atom. The lowest BCUT2D eigenvalue weighted by Gasteiger charge is -2.10. The van der Waals surface area contributed by atoms with E-state index in [1.807, 2.05) is 18.2 Å². The number of ether oxygens (including phenoxy) is 1. The number of hydrogen-bond donors (Lipinski definition) is 1. The van der Waals surface area contributed by atoms with Crippen LogP contribution in [0.5, 0.6) is 5.75 Å². The number of halogens is 3. The van der Waals surface area contributed by atoms with E-state index in [1.54, 1.807) is 25.3 Å². The van der Waals surface area contributed by atoms with Crippen LogP contribution in [0.25, 0.3) is 10.9 Å². The predicted molar refractivity (Wildman–Crippen MR) is 128 cm³/mol. The van der Waals surface area contributed by atoms with Crippen LogP contribution < -0.4 is 16.0 Å². The number of aromatic nitrogens is 2. The van der Waals surface area contributed by atoms with Crippen LogP contribution >= 0.6 is 61.1 Å². The fourth-order valence-electron chi connectivity index (χ4n) is 2.46. The van der Waals surface area contributed by atoms with Crippen LogP contribution in [-0.4, -0.2) is 28.4 Å². The summed E-state index contributed by atoms with van der Waals surface area (Å²) >= 11 is 7.60. The van der Waals surface area contributed by atoms with E-state index in [2.05, 4.69) is 71.2 Å². The summed E-state index contributed by atoms with van der Waals surface area (Å²) in [7, 11) is 0. The van der Waals surface area contributed by atoms with E-state index in [4.69, 9.17) is 10.5 Å². The minimum atomic E-state index is -0.539. The van der Waals surface area contributed by atoms with Gasteiger partial charge in [0.05, 0.1) is 24.3 Å². The summed E-state index contributed by atoms with van der Waals surface area (Å²) in [4.78, 5) is 28.2. The van der Waals surface area contributed by atoms with Gasteiger partial charge < -0.3 is 10.5 Å². The molecule has 1 heterocycles. The van der Waals surface area contributed by atoms with Crippen molar-refractivity contribution in [1.29, 1.82) is 0 Å². The number of benzene rings is 2. The van der Waals surface area contributed by atoms with Crippen molar-refractivity contribution in [1.82, 2.24) is 9.66 Å². The molecule has 0 unspecified atom stereocenters. The SMILES string of the molecule is Cc1nc2ccc(Br)cc2c(=O)n1N=Cc1cc(I)c(OCC(N)=O)c(I)c1. The standard InChI is InChI=1S/C18H13BrI2N4O3/c1-9-24-15-3-2-11(19)6-12(15)18(27)25(9)23-7-10-4-13(20)17(14(21)5-10)28-8-16(22)26/h2-7H,8H2,1H3,(H2,22,26). The van der Waals surface area contributed by atoms with Gasteiger partial charge in [-0.3, -0.25) is 9.59 Å². The van der Waals surface area contributed by atoms with Gasteiger partial charge in [-0.05, 0) is 88.0 Å². The Morgan fingerprint density at radius 3 is 2.64 bits per heavy atom. The molecule has 0 bridgehead atoms. The van der Waals surface area contributed by atoms with Crippen molar-refractivity contribution >= 4 is 84.1 Å². The number of amides is 1. The van der Waals surface area contributed by atoms with Crippen molar-refractivity contribution in [3.8, 4) is 5.75 Å². The number of rotatable bonds is 5. The van der Waals surface area contributed by atoms with E-state index in [9.17, 15) is 9.59 Å². The number of nitrogens with two attached hydrogens (primary N) is 1. The molecule has 144 valence electrons. The Morgan fingerprint density at radius 1 is 1.32 bits per heavy atom. The van der Waals surface area contributed by atoms with Gasteiger partial charge in [0, 0.05) is 4.47 Å². The van der Waals surface area contributed by atoms with Crippen LogP contribution in [0.3, 0.4) is 0 Å². The summed E-state index contributed by atoms with van der Waals surface area (Å²) < 4.78 is 9.12. The maximum Gasteiger partial charge on any atom is 0.282 e. The summed E-state index contributed by atoms with van der Waals surface area (Å²) in [6.45, 7) is 1.54. The van der Waals surface area contributed by atoms with E-state index in [0.717, 1.165) is 17.2 Å². The summed E-state index contributed by atoms with van der Waals surface area (Å²) in [6.07, 6.45) is 1.59. The third kappa shape index (κ3) is 4.71. The molecule has 7 nitrogen and oxygen atoms in total. The van der Waals surface area contributed by atoms with Crippen LogP contribution in [0.15, 0.2) is 44.7 Å². The molecule has 0 spiro atoms. The first kappa shape index (κ1) is 21.2. The normalized spacial score (nSPS) is 11.3. The molecule has 2 N–H and O–H groups in total. The van der Waals surface area contributed by atoms with Gasteiger partial charge in [0.15, 0.2) is 6.61 Å². The highest BCUT2D eigenvalue weighted by molar-refractivity contribution is 14.1. The van der Waals surface area contributed by atoms with Gasteiger partial charge in [0.1, 0.15) is 11.6 Å². The van der Waals surface area contributed by atoms with Gasteiger partial charge in [-0.15, -0.1) is 0 Å². The molecule has 1 amide bonds. The number of fused-ring (bicyclic) bond motifs is 1. The van der Waals surface area contributed by atoms with E-state index >= 15 is 0 Å². The second-order valence-electron chi connectivity index (χ2n) is 5.75. The first-order valence-electron chi connectivity index (χ1n) is 7.89. The third-order valence-electron chi connectivity index (χ3n) is 3.67. The minimum Gasteiger partial charge on any atom is -0.482 e. The zero-order chi connectivity index (χ0) is 20.4. The first-order chi connectivity index (χ1) is 13.3. The molecule has 0 aliphatic heterocycles. The van der Waals surface area contributed by atoms with Gasteiger partial charge in [0.25, 0.3) is 11.5 Å². The zero-order valence-corrected chi connectivity index (χ0v) is 20.3. The quantitative estimate of drug-likeness (QED) is 0.333. The monoisotopic (exact) mass is 666 g/mol. The fraction of sp³-hybridized carbons (Fsp3) is 0.111. The van der Waals surface area contributed by atoms with Crippen molar-refractivity contribution < 1.29 is 9.53 Å². The zero-order valence-electron chi connectivity index (χ0n) is 14.4. The Labute approximate surface area is 195 Å². The van der Waals surface area contributed by atoms with Crippen molar-refractivity contribution in [2.45, 2.75) is 6.92 Å². The summed E-state index contributed by atoms with van der Waals surface area (Å²) in [5, 5.41) is 4.80. The number of primary amides is 1. The predicted octanol–water partition coefficient (Wildman–Crippen LogP) is 3.42. The smallest absolute Gasteiger partial charge is 0.282 e. The molecule has 0 fully saturated rings. The molecule has 0 saturated heterocycles. The minimum absolute atomic E-state index is 0.188. The number of aryl methyl sites for hydroxylation is 1. The molecule has 0 aliphatic rings. The topological polar surface area (TPSA) is 99.6 Å². The van der Waals surface area contributed by atoms with Gasteiger partial charge >= 0.3 is 0 Å². The van der Waals surface area contributed by atoms with Gasteiger partial charge in [-0.1, -0.05) is 15.9 Å². The molecule has 2 aromatic carbocycles. The summed E-state index contributed by atoms with van der Waals surface area (Å²) in [5.74, 6) is 0.534. The lowest BCUT2D eigenvalue weighted by Crippen LogP contribution is -2.21. The first-order valence-corrected chi connectivity index (χ1v) is 10.8. The van der Waals surface area contributed by atoms with Crippen molar-refractivity contribution in [3.05, 3.63) is 63.7 Å². The Kier molecular flexibility index (Phi) is 6.70. The molecule has 28 heavy (non-hydrogen) atoms. The highest BCUT2D eigenvalue weighted by Gasteiger charge is 2.11. The van der Waals surface area contributed by atoms with Crippen LogP contribution in [-0.2, 0) is 4.79 Å². The largest absolute Gasteiger partial charge is 0.482 e. The highest BCUT2D eigenvalue weighted by atomic mass is 127. The molecule has 1 aromatic heterocycles. The molecule has 0 aliphatic carbocycles. The van der Waals surface area contributed by atoms with Crippen LogP contribution in [0, 0.1) is 14.1 Å². The maximum atomic E-state index is 12.8. The molecule has 0 radical (unpaired) electrons. The average Bonchev–Trinajstić information content (AvgIpc) is 2.61. The Bertz CT molecular complexity index is 1150. The lowest BCUT2D eigenvalue weighted by molar-refractivity contribution is -0.119. The van der Waals surface area contributed by atoms with Gasteiger partial charge in [-0.2, -0.15) is 9.78 Å². The Hall–Kier alpha value is -1.54. The molecule has 0 atom stereocenters. The number of nitrogens with zero attached hydrogens (tertiary/aromatic N) is 3. The molecular weight excluding hydrogens is 654 g/mol. The lowest BCUT2D eigenvalue weighted by atomic mass is 10.2. The van der Waals surface area contributed by atoms with E-state index in [0.29, 0.717) is 22.5 Å². The third-order valence-corrected chi connectivity index (χ3v) is 5.77. The number of hydrogen-bond acceptors (Lipinski definition) is 5. The number of carbonyl (C=O) groups excluding carboxylic acids is 1. The van der Waals surface area contributed by atoms with Crippen molar-refractivity contribution in [2.24, 2.45) is 10.8 Å². The molecule has 10 heteroatoms. The summed E-state index contributed by atoms with van der Waals surface area (Å²) in [5.41, 5.74) is 6.28. The molecule has 0 saturated carbocycles. The van der Waals surface area contributed by atoms with E-state index in [-0.39, 0.29) is 12.2 Å². The highest BCUT2D eigenvalue weighted by Crippen LogP contribution is 2.28. The van der Waals surface area contributed by atoms with Crippen molar-refractivity contribution in [3.63, 3.8) is 0 Å². The number of carbonyl (C=O) groups is 1. The molecule has 3 rings (SSSR count). The second-order valence-corrected chi connectivity index (χ2v) is 8.99. The van der Waals surface area contributed by atoms with Gasteiger partial charge in [-0.25, -0.2) is 4.98 Å². The Balaban J connectivity index is 1.98. The van der Waals surface area contributed by atoms with Crippen LogP contribution in [0.1, 0.15) is 11.4 Å². The van der Waals surface area contributed by atoms with E-state index < -0.39 is 5.91 Å². The second kappa shape index (κ2) is 8.86.